The molecule has 4 heteroatoms. The van der Waals surface area contributed by atoms with Crippen molar-refractivity contribution in [3.63, 3.8) is 0 Å². The molecule has 0 bridgehead atoms. The van der Waals surface area contributed by atoms with E-state index < -0.39 is 0 Å². The number of hydrogen-bond donors (Lipinski definition) is 1. The van der Waals surface area contributed by atoms with E-state index in [-0.39, 0.29) is 17.6 Å². The first-order valence-electron chi connectivity index (χ1n) is 7.48. The zero-order chi connectivity index (χ0) is 15.2. The summed E-state index contributed by atoms with van der Waals surface area (Å²) in [6, 6.07) is 19.9. The summed E-state index contributed by atoms with van der Waals surface area (Å²) >= 11 is 4.41. The van der Waals surface area contributed by atoms with E-state index in [0.29, 0.717) is 13.2 Å². The van der Waals surface area contributed by atoms with Crippen LogP contribution in [0.5, 0.6) is 5.75 Å². The molecule has 0 saturated carbocycles. The first kappa shape index (κ1) is 15.4. The van der Waals surface area contributed by atoms with Crippen molar-refractivity contribution in [3.8, 4) is 5.75 Å². The maximum atomic E-state index is 6.01. The quantitative estimate of drug-likeness (QED) is 0.824. The second-order valence-corrected chi connectivity index (χ2v) is 5.90. The number of hydrogen-bond acceptors (Lipinski definition) is 4. The van der Waals surface area contributed by atoms with Gasteiger partial charge < -0.3 is 14.2 Å². The summed E-state index contributed by atoms with van der Waals surface area (Å²) in [6.07, 6.45) is 0.691. The molecule has 0 spiro atoms. The molecule has 1 fully saturated rings. The third-order valence-electron chi connectivity index (χ3n) is 3.64. The third kappa shape index (κ3) is 4.26. The monoisotopic (exact) mass is 316 g/mol. The van der Waals surface area contributed by atoms with Crippen molar-refractivity contribution in [2.24, 2.45) is 0 Å². The van der Waals surface area contributed by atoms with Crippen LogP contribution in [0, 0.1) is 0 Å². The lowest BCUT2D eigenvalue weighted by Gasteiger charge is -2.19. The van der Waals surface area contributed by atoms with Gasteiger partial charge >= 0.3 is 0 Å². The average molecular weight is 316 g/mol. The summed E-state index contributed by atoms with van der Waals surface area (Å²) in [5.41, 5.74) is 1.07. The minimum Gasteiger partial charge on any atom is -0.491 e. The van der Waals surface area contributed by atoms with Gasteiger partial charge in [-0.05, 0) is 17.7 Å². The number of para-hydroxylation sites is 1. The normalized spacial score (nSPS) is 24.3. The van der Waals surface area contributed by atoms with E-state index in [1.54, 1.807) is 0 Å². The van der Waals surface area contributed by atoms with Crippen LogP contribution in [0.1, 0.15) is 12.0 Å². The fourth-order valence-electron chi connectivity index (χ4n) is 2.49. The minimum atomic E-state index is -0.0925. The largest absolute Gasteiger partial charge is 0.491 e. The first-order chi connectivity index (χ1) is 10.8. The van der Waals surface area contributed by atoms with E-state index in [0.717, 1.165) is 17.7 Å². The fraction of sp³-hybridized carbons (Fsp3) is 0.333. The molecule has 1 aliphatic heterocycles. The predicted octanol–water partition coefficient (Wildman–Crippen LogP) is 3.70. The molecule has 0 amide bonds. The molecule has 116 valence electrons. The second kappa shape index (κ2) is 7.68. The van der Waals surface area contributed by atoms with Crippen LogP contribution in [0.2, 0.25) is 0 Å². The Balaban J connectivity index is 1.53. The van der Waals surface area contributed by atoms with E-state index in [1.165, 1.54) is 0 Å². The lowest BCUT2D eigenvalue weighted by atomic mass is 10.2. The highest BCUT2D eigenvalue weighted by molar-refractivity contribution is 7.80. The van der Waals surface area contributed by atoms with Gasteiger partial charge in [-0.2, -0.15) is 0 Å². The van der Waals surface area contributed by atoms with Crippen LogP contribution in [-0.4, -0.2) is 24.3 Å². The zero-order valence-corrected chi connectivity index (χ0v) is 13.2. The van der Waals surface area contributed by atoms with E-state index in [1.807, 2.05) is 48.5 Å². The van der Waals surface area contributed by atoms with Crippen molar-refractivity contribution in [2.45, 2.75) is 30.7 Å². The molecular weight excluding hydrogens is 296 g/mol. The van der Waals surface area contributed by atoms with E-state index >= 15 is 0 Å². The van der Waals surface area contributed by atoms with E-state index in [4.69, 9.17) is 14.2 Å². The highest BCUT2D eigenvalue weighted by Gasteiger charge is 2.34. The summed E-state index contributed by atoms with van der Waals surface area (Å²) < 4.78 is 17.6. The van der Waals surface area contributed by atoms with Crippen molar-refractivity contribution in [3.05, 3.63) is 66.2 Å². The molecule has 0 N–H and O–H groups in total. The Morgan fingerprint density at radius 3 is 2.41 bits per heavy atom. The maximum absolute atomic E-state index is 6.01. The van der Waals surface area contributed by atoms with Gasteiger partial charge in [0, 0.05) is 6.42 Å². The van der Waals surface area contributed by atoms with Crippen molar-refractivity contribution in [1.29, 1.82) is 0 Å². The molecule has 0 aliphatic carbocycles. The Hall–Kier alpha value is -1.49. The molecule has 1 aliphatic rings. The first-order valence-corrected chi connectivity index (χ1v) is 8.00. The van der Waals surface area contributed by atoms with Crippen LogP contribution in [-0.2, 0) is 16.1 Å². The van der Waals surface area contributed by atoms with Crippen LogP contribution >= 0.6 is 12.6 Å². The maximum Gasteiger partial charge on any atom is 0.119 e. The summed E-state index contributed by atoms with van der Waals surface area (Å²) in [4.78, 5) is 0. The Labute approximate surface area is 136 Å². The molecule has 3 rings (SSSR count). The van der Waals surface area contributed by atoms with Crippen molar-refractivity contribution < 1.29 is 14.2 Å². The van der Waals surface area contributed by atoms with Crippen LogP contribution in [0.4, 0.5) is 0 Å². The van der Waals surface area contributed by atoms with Gasteiger partial charge in [-0.25, -0.2) is 0 Å². The number of thiol groups is 1. The van der Waals surface area contributed by atoms with Gasteiger partial charge in [-0.3, -0.25) is 0 Å². The number of benzene rings is 2. The average Bonchev–Trinajstić information content (AvgIpc) is 2.93. The van der Waals surface area contributed by atoms with Crippen LogP contribution in [0.25, 0.3) is 0 Å². The summed E-state index contributed by atoms with van der Waals surface area (Å²) in [7, 11) is 0. The van der Waals surface area contributed by atoms with Crippen molar-refractivity contribution >= 4 is 12.6 Å². The van der Waals surface area contributed by atoms with Gasteiger partial charge in [0.25, 0.3) is 0 Å². The Bertz CT molecular complexity index is 510. The number of rotatable bonds is 6. The van der Waals surface area contributed by atoms with E-state index in [2.05, 4.69) is 24.8 Å². The summed E-state index contributed by atoms with van der Waals surface area (Å²) in [5, 5.41) is 0. The molecule has 1 saturated heterocycles. The van der Waals surface area contributed by atoms with Crippen molar-refractivity contribution in [2.75, 3.05) is 6.61 Å². The molecule has 22 heavy (non-hydrogen) atoms. The molecular formula is C18H20O3S. The lowest BCUT2D eigenvalue weighted by molar-refractivity contribution is -0.0378. The lowest BCUT2D eigenvalue weighted by Crippen LogP contribution is -2.30. The highest BCUT2D eigenvalue weighted by Crippen LogP contribution is 2.27. The highest BCUT2D eigenvalue weighted by atomic mass is 32.1. The molecule has 0 radical (unpaired) electrons. The van der Waals surface area contributed by atoms with Gasteiger partial charge in [-0.15, -0.1) is 12.6 Å². The molecule has 2 aromatic carbocycles. The molecule has 1 heterocycles. The SMILES string of the molecule is S[C@H]1C[C@H](OCc2ccccc2)[C@@H](COc2ccccc2)O1. The smallest absolute Gasteiger partial charge is 0.119 e. The van der Waals surface area contributed by atoms with Crippen LogP contribution < -0.4 is 4.74 Å². The Morgan fingerprint density at radius 2 is 1.68 bits per heavy atom. The van der Waals surface area contributed by atoms with Crippen LogP contribution in [0.3, 0.4) is 0 Å². The molecule has 0 unspecified atom stereocenters. The summed E-state index contributed by atoms with van der Waals surface area (Å²) in [5.74, 6) is 0.843. The molecule has 2 aromatic rings. The van der Waals surface area contributed by atoms with Gasteiger partial charge in [0.05, 0.1) is 12.7 Å². The van der Waals surface area contributed by atoms with Gasteiger partial charge in [-0.1, -0.05) is 48.5 Å². The second-order valence-electron chi connectivity index (χ2n) is 5.32. The Kier molecular flexibility index (Phi) is 5.38. The molecule has 0 aromatic heterocycles. The van der Waals surface area contributed by atoms with E-state index in [9.17, 15) is 0 Å². The van der Waals surface area contributed by atoms with Gasteiger partial charge in [0.2, 0.25) is 0 Å². The van der Waals surface area contributed by atoms with Crippen LogP contribution in [0.15, 0.2) is 60.7 Å². The fourth-order valence-corrected chi connectivity index (χ4v) is 2.85. The van der Waals surface area contributed by atoms with Gasteiger partial charge in [0.1, 0.15) is 23.9 Å². The topological polar surface area (TPSA) is 27.7 Å². The molecule has 3 nitrogen and oxygen atoms in total. The zero-order valence-electron chi connectivity index (χ0n) is 12.3. The predicted molar refractivity (Wildman–Crippen MR) is 89.2 cm³/mol. The third-order valence-corrected chi connectivity index (χ3v) is 3.98. The van der Waals surface area contributed by atoms with Gasteiger partial charge in [0.15, 0.2) is 0 Å². The molecule has 3 atom stereocenters. The minimum absolute atomic E-state index is 0.00594. The number of ether oxygens (including phenoxy) is 3. The summed E-state index contributed by atoms with van der Waals surface area (Å²) in [6.45, 7) is 1.05. The standard InChI is InChI=1S/C18H20O3S/c22-18-11-16(20-12-14-7-3-1-4-8-14)17(21-18)13-19-15-9-5-2-6-10-15/h1-10,16-18,22H,11-13H2/t16-,17+,18-/m0/s1. The Morgan fingerprint density at radius 1 is 1.00 bits per heavy atom. The van der Waals surface area contributed by atoms with Crippen molar-refractivity contribution in [1.82, 2.24) is 0 Å².